The molecule has 8 heteroatoms. The van der Waals surface area contributed by atoms with Crippen LogP contribution >= 0.6 is 0 Å². The summed E-state index contributed by atoms with van der Waals surface area (Å²) in [7, 11) is 6.53. The first-order valence-corrected chi connectivity index (χ1v) is 9.26. The summed E-state index contributed by atoms with van der Waals surface area (Å²) in [5.74, 6) is 2.48. The van der Waals surface area contributed by atoms with Gasteiger partial charge in [-0.25, -0.2) is 4.98 Å². The Bertz CT molecular complexity index is 988. The Morgan fingerprint density at radius 1 is 1.03 bits per heavy atom. The third-order valence-corrected chi connectivity index (χ3v) is 4.59. The van der Waals surface area contributed by atoms with Crippen molar-refractivity contribution in [3.63, 3.8) is 0 Å². The van der Waals surface area contributed by atoms with Crippen molar-refractivity contribution in [2.75, 3.05) is 28.4 Å². The first-order chi connectivity index (χ1) is 14.1. The number of hydrogen-bond donors (Lipinski definition) is 2. The van der Waals surface area contributed by atoms with E-state index in [4.69, 9.17) is 14.2 Å². The number of methoxy groups -OCH3 is 3. The second-order valence-electron chi connectivity index (χ2n) is 6.44. The Kier molecular flexibility index (Phi) is 6.43. The zero-order valence-corrected chi connectivity index (χ0v) is 17.4. The van der Waals surface area contributed by atoms with Crippen LogP contribution in [0.3, 0.4) is 0 Å². The number of hydrogen-bond acceptors (Lipinski definition) is 5. The lowest BCUT2D eigenvalue weighted by Crippen LogP contribution is -2.36. The molecule has 1 aromatic carbocycles. The van der Waals surface area contributed by atoms with Crippen LogP contribution in [0.1, 0.15) is 17.0 Å². The van der Waals surface area contributed by atoms with Crippen molar-refractivity contribution in [3.05, 3.63) is 53.5 Å². The summed E-state index contributed by atoms with van der Waals surface area (Å²) in [4.78, 5) is 8.91. The number of imidazole rings is 1. The zero-order valence-electron chi connectivity index (χ0n) is 17.4. The molecule has 0 aliphatic heterocycles. The summed E-state index contributed by atoms with van der Waals surface area (Å²) in [5.41, 5.74) is 3.99. The van der Waals surface area contributed by atoms with Crippen LogP contribution in [-0.4, -0.2) is 43.7 Å². The predicted octanol–water partition coefficient (Wildman–Crippen LogP) is 2.53. The summed E-state index contributed by atoms with van der Waals surface area (Å²) in [5, 5.41) is 6.59. The third-order valence-electron chi connectivity index (χ3n) is 4.59. The first-order valence-electron chi connectivity index (χ1n) is 9.26. The van der Waals surface area contributed by atoms with E-state index in [2.05, 4.69) is 38.0 Å². The molecule has 0 atom stereocenters. The lowest BCUT2D eigenvalue weighted by molar-refractivity contribution is 0.323. The molecule has 3 rings (SSSR count). The van der Waals surface area contributed by atoms with Gasteiger partial charge in [0.2, 0.25) is 5.75 Å². The van der Waals surface area contributed by atoms with Crippen LogP contribution in [0.25, 0.3) is 5.65 Å². The van der Waals surface area contributed by atoms with Crippen LogP contribution in [0, 0.1) is 6.92 Å². The molecule has 0 aliphatic rings. The molecule has 2 heterocycles. The second-order valence-corrected chi connectivity index (χ2v) is 6.44. The van der Waals surface area contributed by atoms with E-state index >= 15 is 0 Å². The van der Waals surface area contributed by atoms with Crippen molar-refractivity contribution >= 4 is 11.6 Å². The van der Waals surface area contributed by atoms with Gasteiger partial charge in [0.25, 0.3) is 0 Å². The van der Waals surface area contributed by atoms with Gasteiger partial charge in [-0.2, -0.15) is 0 Å². The molecule has 0 radical (unpaired) electrons. The summed E-state index contributed by atoms with van der Waals surface area (Å²) < 4.78 is 18.3. The summed E-state index contributed by atoms with van der Waals surface area (Å²) in [6, 6.07) is 9.88. The highest BCUT2D eigenvalue weighted by atomic mass is 16.5. The van der Waals surface area contributed by atoms with Crippen LogP contribution in [0.15, 0.2) is 41.5 Å². The van der Waals surface area contributed by atoms with Crippen molar-refractivity contribution in [1.82, 2.24) is 20.0 Å². The number of guanidine groups is 1. The van der Waals surface area contributed by atoms with E-state index in [0.717, 1.165) is 22.6 Å². The molecule has 0 fully saturated rings. The van der Waals surface area contributed by atoms with Gasteiger partial charge < -0.3 is 29.2 Å². The number of aliphatic imine (C=N–C) groups is 1. The Morgan fingerprint density at radius 2 is 1.72 bits per heavy atom. The van der Waals surface area contributed by atoms with Gasteiger partial charge in [-0.3, -0.25) is 4.99 Å². The minimum atomic E-state index is 0.542. The molecular formula is C21H27N5O3. The number of nitrogens with zero attached hydrogens (tertiary/aromatic N) is 3. The van der Waals surface area contributed by atoms with Crippen molar-refractivity contribution in [2.24, 2.45) is 4.99 Å². The van der Waals surface area contributed by atoms with Crippen LogP contribution < -0.4 is 24.8 Å². The summed E-state index contributed by atoms with van der Waals surface area (Å²) in [6.45, 7) is 3.17. The van der Waals surface area contributed by atoms with E-state index < -0.39 is 0 Å². The van der Waals surface area contributed by atoms with Gasteiger partial charge in [-0.05, 0) is 36.8 Å². The fourth-order valence-electron chi connectivity index (χ4n) is 3.10. The second kappa shape index (κ2) is 9.18. The minimum Gasteiger partial charge on any atom is -0.493 e. The fourth-order valence-corrected chi connectivity index (χ4v) is 3.10. The van der Waals surface area contributed by atoms with Gasteiger partial charge in [-0.1, -0.05) is 6.07 Å². The van der Waals surface area contributed by atoms with Crippen LogP contribution in [0.5, 0.6) is 17.2 Å². The predicted molar refractivity (Wildman–Crippen MR) is 113 cm³/mol. The number of aryl methyl sites for hydroxylation is 1. The Balaban J connectivity index is 1.65. The zero-order chi connectivity index (χ0) is 20.8. The third kappa shape index (κ3) is 4.53. The molecule has 154 valence electrons. The maximum Gasteiger partial charge on any atom is 0.203 e. The molecule has 2 N–H and O–H groups in total. The topological polar surface area (TPSA) is 81.4 Å². The number of rotatable bonds is 7. The van der Waals surface area contributed by atoms with Crippen molar-refractivity contribution in [3.8, 4) is 17.2 Å². The molecule has 3 aromatic rings. The number of aromatic nitrogens is 2. The molecule has 0 saturated heterocycles. The largest absolute Gasteiger partial charge is 0.493 e. The number of ether oxygens (including phenoxy) is 3. The maximum atomic E-state index is 5.41. The van der Waals surface area contributed by atoms with Crippen molar-refractivity contribution in [1.29, 1.82) is 0 Å². The SMILES string of the molecule is CN=C(NCc1cc(OC)c(OC)c(OC)c1)NCc1cn2c(C)cccc2n1. The van der Waals surface area contributed by atoms with E-state index in [1.54, 1.807) is 28.4 Å². The normalized spacial score (nSPS) is 11.4. The van der Waals surface area contributed by atoms with Gasteiger partial charge in [-0.15, -0.1) is 0 Å². The standard InChI is InChI=1S/C21H27N5O3/c1-14-7-6-8-19-25-16(13-26(14)19)12-24-21(22-2)23-11-15-9-17(27-3)20(29-5)18(10-15)28-4/h6-10,13H,11-12H2,1-5H3,(H2,22,23,24). The van der Waals surface area contributed by atoms with Gasteiger partial charge in [0, 0.05) is 25.5 Å². The molecule has 0 unspecified atom stereocenters. The number of benzene rings is 1. The quantitative estimate of drug-likeness (QED) is 0.471. The van der Waals surface area contributed by atoms with Gasteiger partial charge in [0.15, 0.2) is 17.5 Å². The fraction of sp³-hybridized carbons (Fsp3) is 0.333. The van der Waals surface area contributed by atoms with E-state index in [-0.39, 0.29) is 0 Å². The molecule has 29 heavy (non-hydrogen) atoms. The molecule has 0 spiro atoms. The van der Waals surface area contributed by atoms with E-state index in [0.29, 0.717) is 36.3 Å². The maximum absolute atomic E-state index is 5.41. The Morgan fingerprint density at radius 3 is 2.31 bits per heavy atom. The molecule has 0 aliphatic carbocycles. The molecule has 8 nitrogen and oxygen atoms in total. The highest BCUT2D eigenvalue weighted by Crippen LogP contribution is 2.38. The lowest BCUT2D eigenvalue weighted by atomic mass is 10.2. The molecule has 0 bridgehead atoms. The van der Waals surface area contributed by atoms with Crippen LogP contribution in [-0.2, 0) is 13.1 Å². The Labute approximate surface area is 170 Å². The van der Waals surface area contributed by atoms with Crippen molar-refractivity contribution in [2.45, 2.75) is 20.0 Å². The first kappa shape index (κ1) is 20.3. The van der Waals surface area contributed by atoms with E-state index in [9.17, 15) is 0 Å². The smallest absolute Gasteiger partial charge is 0.203 e. The van der Waals surface area contributed by atoms with Gasteiger partial charge >= 0.3 is 0 Å². The molecule has 0 saturated carbocycles. The van der Waals surface area contributed by atoms with E-state index in [1.165, 1.54) is 0 Å². The number of nitrogens with one attached hydrogen (secondary N) is 2. The highest BCUT2D eigenvalue weighted by molar-refractivity contribution is 5.79. The van der Waals surface area contributed by atoms with Gasteiger partial charge in [0.05, 0.1) is 33.6 Å². The minimum absolute atomic E-state index is 0.542. The van der Waals surface area contributed by atoms with Crippen LogP contribution in [0.4, 0.5) is 0 Å². The van der Waals surface area contributed by atoms with E-state index in [1.807, 2.05) is 30.5 Å². The summed E-state index contributed by atoms with van der Waals surface area (Å²) >= 11 is 0. The number of pyridine rings is 1. The average Bonchev–Trinajstić information content (AvgIpc) is 3.17. The monoisotopic (exact) mass is 397 g/mol. The average molecular weight is 397 g/mol. The van der Waals surface area contributed by atoms with Gasteiger partial charge in [0.1, 0.15) is 5.65 Å². The Hall–Kier alpha value is -3.42. The molecule has 2 aromatic heterocycles. The number of fused-ring (bicyclic) bond motifs is 1. The van der Waals surface area contributed by atoms with Crippen molar-refractivity contribution < 1.29 is 14.2 Å². The summed E-state index contributed by atoms with van der Waals surface area (Å²) in [6.07, 6.45) is 2.03. The lowest BCUT2D eigenvalue weighted by Gasteiger charge is -2.15. The van der Waals surface area contributed by atoms with Crippen LogP contribution in [0.2, 0.25) is 0 Å². The molecular weight excluding hydrogens is 370 g/mol. The molecule has 0 amide bonds. The highest BCUT2D eigenvalue weighted by Gasteiger charge is 2.13.